The summed E-state index contributed by atoms with van der Waals surface area (Å²) in [6.07, 6.45) is -23.4. The smallest absolute Gasteiger partial charge is 0.230 e. The van der Waals surface area contributed by atoms with E-state index in [9.17, 15) is 66.4 Å². The van der Waals surface area contributed by atoms with Crippen LogP contribution in [0.2, 0.25) is 0 Å². The standard InChI is InChI=1S/C18H32O17/c19-1-5-7(23)9(25)14(29)18(33-5,15(30)11-10(26)12(27)16(31,3-21)34-11)35-17(4-22)13(28)8(24)6(2-20)32-17/h5-15,19-31H,1-4H2/t5-,6-,7-,8-,9+,10-,11?,12+,13+,14-,15+,16+,17?,18-/m1/s1. The number of hydrogen-bond donors (Lipinski definition) is 13. The van der Waals surface area contributed by atoms with E-state index in [2.05, 4.69) is 0 Å². The van der Waals surface area contributed by atoms with E-state index in [-0.39, 0.29) is 0 Å². The van der Waals surface area contributed by atoms with Crippen molar-refractivity contribution in [2.75, 3.05) is 26.4 Å². The maximum atomic E-state index is 11.2. The number of aliphatic hydroxyl groups is 13. The van der Waals surface area contributed by atoms with E-state index in [4.69, 9.17) is 18.9 Å². The minimum atomic E-state index is -3.19. The number of aliphatic hydroxyl groups excluding tert-OH is 12. The molecular weight excluding hydrogens is 488 g/mol. The summed E-state index contributed by atoms with van der Waals surface area (Å²) in [7, 11) is 0. The second kappa shape index (κ2) is 10.2. The Morgan fingerprint density at radius 2 is 1.23 bits per heavy atom. The van der Waals surface area contributed by atoms with Crippen LogP contribution in [0.15, 0.2) is 0 Å². The van der Waals surface area contributed by atoms with E-state index >= 15 is 0 Å². The molecule has 3 fully saturated rings. The number of rotatable bonds is 8. The second-order valence-corrected chi connectivity index (χ2v) is 8.80. The first-order valence-corrected chi connectivity index (χ1v) is 10.6. The highest BCUT2D eigenvalue weighted by Gasteiger charge is 2.69. The van der Waals surface area contributed by atoms with Crippen LogP contribution in [0.3, 0.4) is 0 Å². The summed E-state index contributed by atoms with van der Waals surface area (Å²) < 4.78 is 21.1. The molecule has 0 amide bonds. The number of hydrogen-bond acceptors (Lipinski definition) is 17. The van der Waals surface area contributed by atoms with E-state index < -0.39 is 111 Å². The minimum Gasteiger partial charge on any atom is -0.394 e. The molecule has 3 heterocycles. The molecule has 0 bridgehead atoms. The summed E-state index contributed by atoms with van der Waals surface area (Å²) in [5, 5.41) is 132. The molecular formula is C18H32O17. The molecule has 0 aromatic rings. The topological polar surface area (TPSA) is 300 Å². The summed E-state index contributed by atoms with van der Waals surface area (Å²) >= 11 is 0. The lowest BCUT2D eigenvalue weighted by atomic mass is 9.85. The van der Waals surface area contributed by atoms with Crippen molar-refractivity contribution in [1.29, 1.82) is 0 Å². The van der Waals surface area contributed by atoms with Crippen LogP contribution < -0.4 is 0 Å². The van der Waals surface area contributed by atoms with Gasteiger partial charge in [0.15, 0.2) is 0 Å². The maximum absolute atomic E-state index is 11.2. The van der Waals surface area contributed by atoms with Gasteiger partial charge in [0, 0.05) is 0 Å². The van der Waals surface area contributed by atoms with Gasteiger partial charge in [-0.3, -0.25) is 0 Å². The Balaban J connectivity index is 2.10. The van der Waals surface area contributed by atoms with Crippen LogP contribution in [-0.4, -0.2) is 177 Å². The first kappa shape index (κ1) is 28.9. The van der Waals surface area contributed by atoms with Gasteiger partial charge in [0.2, 0.25) is 17.4 Å². The lowest BCUT2D eigenvalue weighted by Crippen LogP contribution is -2.75. The molecule has 206 valence electrons. The van der Waals surface area contributed by atoms with Crippen molar-refractivity contribution < 1.29 is 85.3 Å². The normalized spacial score (nSPS) is 53.7. The summed E-state index contributed by atoms with van der Waals surface area (Å²) in [5.74, 6) is -8.80. The molecule has 3 aliphatic rings. The van der Waals surface area contributed by atoms with Crippen molar-refractivity contribution in [2.45, 2.75) is 84.5 Å². The Kier molecular flexibility index (Phi) is 8.45. The lowest BCUT2D eigenvalue weighted by Gasteiger charge is -2.53. The van der Waals surface area contributed by atoms with Gasteiger partial charge in [0.25, 0.3) is 0 Å². The molecule has 2 unspecified atom stereocenters. The van der Waals surface area contributed by atoms with Gasteiger partial charge in [-0.05, 0) is 0 Å². The molecule has 3 rings (SSSR count). The first-order valence-electron chi connectivity index (χ1n) is 10.6. The lowest BCUT2D eigenvalue weighted by molar-refractivity contribution is -0.459. The number of ether oxygens (including phenoxy) is 4. The quantitative estimate of drug-likeness (QED) is 0.141. The van der Waals surface area contributed by atoms with Crippen LogP contribution in [0.4, 0.5) is 0 Å². The molecule has 3 saturated heterocycles. The summed E-state index contributed by atoms with van der Waals surface area (Å²) in [6.45, 7) is -4.56. The molecule has 0 spiro atoms. The highest BCUT2D eigenvalue weighted by molar-refractivity contribution is 5.10. The van der Waals surface area contributed by atoms with Crippen LogP contribution in [0.25, 0.3) is 0 Å². The van der Waals surface area contributed by atoms with E-state index in [1.807, 2.05) is 0 Å². The van der Waals surface area contributed by atoms with Crippen molar-refractivity contribution in [3.8, 4) is 0 Å². The molecule has 17 nitrogen and oxygen atoms in total. The van der Waals surface area contributed by atoms with Gasteiger partial charge in [-0.25, -0.2) is 0 Å². The molecule has 0 aromatic carbocycles. The van der Waals surface area contributed by atoms with Crippen molar-refractivity contribution in [3.05, 3.63) is 0 Å². The monoisotopic (exact) mass is 520 g/mol. The summed E-state index contributed by atoms with van der Waals surface area (Å²) in [5.41, 5.74) is 0. The first-order chi connectivity index (χ1) is 16.3. The average molecular weight is 520 g/mol. The predicted octanol–water partition coefficient (Wildman–Crippen LogP) is -8.86. The largest absolute Gasteiger partial charge is 0.394 e. The van der Waals surface area contributed by atoms with E-state index in [0.29, 0.717) is 0 Å². The zero-order chi connectivity index (χ0) is 26.5. The Hall–Kier alpha value is -0.680. The SMILES string of the molecule is OC[C@H]1OC(CO)(O[C@]2([C@@H](O)C3O[C@@](O)(CO)[C@@H](O)[C@@H]3O)O[C@H](CO)[C@@H](O)[C@H](O)[C@H]2O)[C@@H](O)[C@@H]1O. The zero-order valence-electron chi connectivity index (χ0n) is 18.1. The molecule has 17 heteroatoms. The van der Waals surface area contributed by atoms with Crippen LogP contribution in [0.5, 0.6) is 0 Å². The van der Waals surface area contributed by atoms with Gasteiger partial charge in [-0.15, -0.1) is 0 Å². The van der Waals surface area contributed by atoms with Crippen LogP contribution in [0.1, 0.15) is 0 Å². The Morgan fingerprint density at radius 1 is 0.657 bits per heavy atom. The molecule has 0 aliphatic carbocycles. The molecule has 0 saturated carbocycles. The summed E-state index contributed by atoms with van der Waals surface area (Å²) in [4.78, 5) is 0. The van der Waals surface area contributed by atoms with Gasteiger partial charge in [0.05, 0.1) is 19.8 Å². The van der Waals surface area contributed by atoms with E-state index in [0.717, 1.165) is 0 Å². The van der Waals surface area contributed by atoms with Gasteiger partial charge in [-0.2, -0.15) is 0 Å². The molecule has 14 atom stereocenters. The third-order valence-corrected chi connectivity index (χ3v) is 6.63. The van der Waals surface area contributed by atoms with Crippen LogP contribution in [-0.2, 0) is 18.9 Å². The zero-order valence-corrected chi connectivity index (χ0v) is 18.1. The van der Waals surface area contributed by atoms with Crippen molar-refractivity contribution in [2.24, 2.45) is 0 Å². The second-order valence-electron chi connectivity index (χ2n) is 8.80. The van der Waals surface area contributed by atoms with Crippen molar-refractivity contribution in [1.82, 2.24) is 0 Å². The van der Waals surface area contributed by atoms with Gasteiger partial charge >= 0.3 is 0 Å². The van der Waals surface area contributed by atoms with Gasteiger partial charge in [0.1, 0.15) is 73.8 Å². The Morgan fingerprint density at radius 3 is 1.69 bits per heavy atom. The molecule has 0 aromatic heterocycles. The minimum absolute atomic E-state index is 0.900. The van der Waals surface area contributed by atoms with Crippen LogP contribution >= 0.6 is 0 Å². The third kappa shape index (κ3) is 4.39. The maximum Gasteiger partial charge on any atom is 0.230 e. The predicted molar refractivity (Wildman–Crippen MR) is 103 cm³/mol. The Bertz CT molecular complexity index is 727. The average Bonchev–Trinajstić information content (AvgIpc) is 3.24. The van der Waals surface area contributed by atoms with E-state index in [1.165, 1.54) is 0 Å². The molecule has 35 heavy (non-hydrogen) atoms. The fraction of sp³-hybridized carbons (Fsp3) is 1.00. The Labute approximate surface area is 197 Å². The molecule has 13 N–H and O–H groups in total. The van der Waals surface area contributed by atoms with Gasteiger partial charge < -0.3 is 85.3 Å². The molecule has 3 aliphatic heterocycles. The van der Waals surface area contributed by atoms with Crippen LogP contribution in [0, 0.1) is 0 Å². The molecule has 0 radical (unpaired) electrons. The fourth-order valence-corrected chi connectivity index (χ4v) is 4.51. The highest BCUT2D eigenvalue weighted by atomic mass is 16.8. The fourth-order valence-electron chi connectivity index (χ4n) is 4.51. The van der Waals surface area contributed by atoms with Crippen molar-refractivity contribution in [3.63, 3.8) is 0 Å². The third-order valence-electron chi connectivity index (χ3n) is 6.63. The van der Waals surface area contributed by atoms with Gasteiger partial charge in [-0.1, -0.05) is 0 Å². The summed E-state index contributed by atoms with van der Waals surface area (Å²) in [6, 6.07) is 0. The van der Waals surface area contributed by atoms with Crippen molar-refractivity contribution >= 4 is 0 Å². The highest BCUT2D eigenvalue weighted by Crippen LogP contribution is 2.45. The van der Waals surface area contributed by atoms with E-state index in [1.54, 1.807) is 0 Å².